The second-order valence-corrected chi connectivity index (χ2v) is 8.91. The van der Waals surface area contributed by atoms with Crippen LogP contribution in [0.5, 0.6) is 11.5 Å². The molecule has 8 nitrogen and oxygen atoms in total. The van der Waals surface area contributed by atoms with E-state index in [1.54, 1.807) is 31.3 Å². The van der Waals surface area contributed by atoms with Gasteiger partial charge in [0.1, 0.15) is 6.04 Å². The molecule has 2 aromatic heterocycles. The molecule has 0 saturated carbocycles. The van der Waals surface area contributed by atoms with Crippen LogP contribution in [-0.2, 0) is 4.79 Å². The number of pyridine rings is 1. The number of Topliss-reactive ketones (excluding diaryl/α,β-unsaturated/α-hetero) is 1. The molecule has 0 bridgehead atoms. The van der Waals surface area contributed by atoms with Crippen molar-refractivity contribution in [2.45, 2.75) is 32.7 Å². The number of benzene rings is 1. The highest BCUT2D eigenvalue weighted by molar-refractivity contribution is 6.00. The molecule has 1 aromatic carbocycles. The minimum atomic E-state index is -0.409. The van der Waals surface area contributed by atoms with Gasteiger partial charge in [0.25, 0.3) is 0 Å². The van der Waals surface area contributed by atoms with Gasteiger partial charge in [-0.2, -0.15) is 4.98 Å². The summed E-state index contributed by atoms with van der Waals surface area (Å²) >= 11 is 0. The average Bonchev–Trinajstić information content (AvgIpc) is 3.20. The molecule has 1 aliphatic carbocycles. The highest BCUT2D eigenvalue weighted by Crippen LogP contribution is 2.46. The summed E-state index contributed by atoms with van der Waals surface area (Å²) in [5.74, 6) is 2.54. The summed E-state index contributed by atoms with van der Waals surface area (Å²) in [7, 11) is 3.21. The molecule has 3 aromatic rings. The van der Waals surface area contributed by atoms with E-state index in [4.69, 9.17) is 19.6 Å². The Morgan fingerprint density at radius 1 is 1.06 bits per heavy atom. The second kappa shape index (κ2) is 7.47. The third-order valence-corrected chi connectivity index (χ3v) is 5.99. The first-order valence-corrected chi connectivity index (χ1v) is 10.5. The monoisotopic (exact) mass is 431 g/mol. The minimum Gasteiger partial charge on any atom is -0.493 e. The van der Waals surface area contributed by atoms with Crippen molar-refractivity contribution in [3.05, 3.63) is 59.6 Å². The Bertz CT molecular complexity index is 1230. The summed E-state index contributed by atoms with van der Waals surface area (Å²) in [5.41, 5.74) is 3.26. The van der Waals surface area contributed by atoms with E-state index in [0.717, 1.165) is 28.8 Å². The molecule has 32 heavy (non-hydrogen) atoms. The Morgan fingerprint density at radius 2 is 1.81 bits per heavy atom. The van der Waals surface area contributed by atoms with Crippen LogP contribution in [0.4, 0.5) is 5.95 Å². The van der Waals surface area contributed by atoms with Crippen molar-refractivity contribution in [2.75, 3.05) is 19.5 Å². The van der Waals surface area contributed by atoms with Crippen LogP contribution in [0.2, 0.25) is 0 Å². The van der Waals surface area contributed by atoms with E-state index in [9.17, 15) is 4.79 Å². The van der Waals surface area contributed by atoms with Crippen molar-refractivity contribution in [1.29, 1.82) is 0 Å². The lowest BCUT2D eigenvalue weighted by Gasteiger charge is -2.38. The zero-order valence-corrected chi connectivity index (χ0v) is 18.5. The van der Waals surface area contributed by atoms with E-state index in [-0.39, 0.29) is 11.2 Å². The van der Waals surface area contributed by atoms with Crippen LogP contribution >= 0.6 is 0 Å². The molecule has 0 amide bonds. The molecule has 0 spiro atoms. The van der Waals surface area contributed by atoms with Gasteiger partial charge >= 0.3 is 0 Å². The van der Waals surface area contributed by atoms with Crippen LogP contribution in [0.1, 0.15) is 38.3 Å². The number of aromatic nitrogens is 4. The number of rotatable bonds is 4. The Hall–Kier alpha value is -3.68. The zero-order chi connectivity index (χ0) is 22.5. The van der Waals surface area contributed by atoms with E-state index >= 15 is 0 Å². The molecule has 0 saturated heterocycles. The molecule has 1 N–H and O–H groups in total. The van der Waals surface area contributed by atoms with E-state index in [1.165, 1.54) is 0 Å². The molecule has 0 radical (unpaired) electrons. The highest BCUT2D eigenvalue weighted by Gasteiger charge is 2.42. The standard InChI is InChI=1S/C24H25N5O3/c1-24(2)12-16-20(17(30)13-24)21(15-5-6-18(31-3)19(11-15)32-4)29-23(26-16)27-22(28-29)14-7-9-25-10-8-14/h5-11,21H,12-13H2,1-4H3,(H,26,27,28). The number of hydrogen-bond donors (Lipinski definition) is 1. The van der Waals surface area contributed by atoms with Gasteiger partial charge in [0.15, 0.2) is 23.1 Å². The smallest absolute Gasteiger partial charge is 0.226 e. The first-order chi connectivity index (χ1) is 15.4. The van der Waals surface area contributed by atoms with E-state index in [1.807, 2.05) is 30.3 Å². The molecule has 5 rings (SSSR count). The largest absolute Gasteiger partial charge is 0.493 e. The quantitative estimate of drug-likeness (QED) is 0.667. The molecule has 1 atom stereocenters. The molecule has 1 aliphatic heterocycles. The number of methoxy groups -OCH3 is 2. The van der Waals surface area contributed by atoms with Crippen LogP contribution in [-0.4, -0.2) is 39.8 Å². The summed E-state index contributed by atoms with van der Waals surface area (Å²) in [4.78, 5) is 22.2. The average molecular weight is 431 g/mol. The number of allylic oxidation sites excluding steroid dienone is 2. The number of nitrogens with one attached hydrogen (secondary N) is 1. The SMILES string of the molecule is COc1ccc(C2C3=C(CC(C)(C)CC3=O)Nc3nc(-c4ccncc4)nn32)cc1OC. The number of carbonyl (C=O) groups excluding carboxylic acids is 1. The third-order valence-electron chi connectivity index (χ3n) is 5.99. The van der Waals surface area contributed by atoms with Crippen molar-refractivity contribution in [3.8, 4) is 22.9 Å². The van der Waals surface area contributed by atoms with Gasteiger partial charge in [0.2, 0.25) is 5.95 Å². The van der Waals surface area contributed by atoms with Gasteiger partial charge in [0, 0.05) is 35.6 Å². The van der Waals surface area contributed by atoms with Crippen molar-refractivity contribution in [2.24, 2.45) is 5.41 Å². The van der Waals surface area contributed by atoms with Gasteiger partial charge in [-0.25, -0.2) is 4.68 Å². The van der Waals surface area contributed by atoms with Gasteiger partial charge in [-0.3, -0.25) is 9.78 Å². The predicted octanol–water partition coefficient (Wildman–Crippen LogP) is 4.02. The second-order valence-electron chi connectivity index (χ2n) is 8.91. The van der Waals surface area contributed by atoms with E-state index in [2.05, 4.69) is 24.1 Å². The normalized spacial score (nSPS) is 19.1. The molecule has 8 heteroatoms. The number of nitrogens with zero attached hydrogens (tertiary/aromatic N) is 4. The first-order valence-electron chi connectivity index (χ1n) is 10.5. The number of hydrogen-bond acceptors (Lipinski definition) is 7. The number of fused-ring (bicyclic) bond motifs is 1. The maximum Gasteiger partial charge on any atom is 0.226 e. The van der Waals surface area contributed by atoms with Crippen molar-refractivity contribution >= 4 is 11.7 Å². The topological polar surface area (TPSA) is 91.2 Å². The molecule has 3 heterocycles. The van der Waals surface area contributed by atoms with Gasteiger partial charge in [-0.15, -0.1) is 5.10 Å². The first kappa shape index (κ1) is 20.2. The maximum atomic E-state index is 13.4. The number of carbonyl (C=O) groups is 1. The summed E-state index contributed by atoms with van der Waals surface area (Å²) < 4.78 is 12.7. The van der Waals surface area contributed by atoms with Gasteiger partial charge in [0.05, 0.1) is 14.2 Å². The molecular weight excluding hydrogens is 406 g/mol. The number of anilines is 1. The summed E-state index contributed by atoms with van der Waals surface area (Å²) in [6.45, 7) is 4.23. The van der Waals surface area contributed by atoms with Crippen LogP contribution in [0.15, 0.2) is 54.0 Å². The molecule has 164 valence electrons. The highest BCUT2D eigenvalue weighted by atomic mass is 16.5. The Kier molecular flexibility index (Phi) is 4.73. The Balaban J connectivity index is 1.69. The maximum absolute atomic E-state index is 13.4. The van der Waals surface area contributed by atoms with Crippen molar-refractivity contribution in [3.63, 3.8) is 0 Å². The van der Waals surface area contributed by atoms with Crippen LogP contribution < -0.4 is 14.8 Å². The lowest BCUT2D eigenvalue weighted by molar-refractivity contribution is -0.118. The minimum absolute atomic E-state index is 0.121. The Morgan fingerprint density at radius 3 is 2.53 bits per heavy atom. The fourth-order valence-electron chi connectivity index (χ4n) is 4.56. The van der Waals surface area contributed by atoms with Gasteiger partial charge < -0.3 is 14.8 Å². The summed E-state index contributed by atoms with van der Waals surface area (Å²) in [6.07, 6.45) is 4.67. The van der Waals surface area contributed by atoms with Gasteiger partial charge in [-0.05, 0) is 41.7 Å². The fraction of sp³-hybridized carbons (Fsp3) is 0.333. The van der Waals surface area contributed by atoms with Crippen LogP contribution in [0.3, 0.4) is 0 Å². The molecular formula is C24H25N5O3. The summed E-state index contributed by atoms with van der Waals surface area (Å²) in [5, 5.41) is 8.20. The lowest BCUT2D eigenvalue weighted by Crippen LogP contribution is -2.36. The Labute approximate surface area is 186 Å². The predicted molar refractivity (Wildman–Crippen MR) is 120 cm³/mol. The number of ether oxygens (including phenoxy) is 2. The molecule has 0 fully saturated rings. The summed E-state index contributed by atoms with van der Waals surface area (Å²) in [6, 6.07) is 9.04. The van der Waals surface area contributed by atoms with Gasteiger partial charge in [-0.1, -0.05) is 19.9 Å². The molecule has 1 unspecified atom stereocenters. The van der Waals surface area contributed by atoms with Crippen LogP contribution in [0.25, 0.3) is 11.4 Å². The van der Waals surface area contributed by atoms with E-state index < -0.39 is 6.04 Å². The molecule has 2 aliphatic rings. The third kappa shape index (κ3) is 3.32. The van der Waals surface area contributed by atoms with Crippen molar-refractivity contribution < 1.29 is 14.3 Å². The fourth-order valence-corrected chi connectivity index (χ4v) is 4.56. The zero-order valence-electron chi connectivity index (χ0n) is 18.5. The lowest BCUT2D eigenvalue weighted by atomic mass is 9.73. The van der Waals surface area contributed by atoms with Crippen molar-refractivity contribution in [1.82, 2.24) is 19.7 Å². The number of ketones is 1. The van der Waals surface area contributed by atoms with Crippen LogP contribution in [0, 0.1) is 5.41 Å². The van der Waals surface area contributed by atoms with E-state index in [0.29, 0.717) is 29.7 Å².